The molecule has 0 N–H and O–H groups in total. The molecule has 0 saturated heterocycles. The van der Waals surface area contributed by atoms with Gasteiger partial charge in [-0.3, -0.25) is 4.99 Å². The van der Waals surface area contributed by atoms with E-state index in [0.717, 1.165) is 73.3 Å². The quantitative estimate of drug-likeness (QED) is 0.177. The molecule has 0 bridgehead atoms. The number of aliphatic imine (C=N–C) groups is 2. The van der Waals surface area contributed by atoms with Crippen LogP contribution >= 0.6 is 0 Å². The fourth-order valence-corrected chi connectivity index (χ4v) is 8.83. The van der Waals surface area contributed by atoms with Crippen LogP contribution in [0.15, 0.2) is 184 Å². The van der Waals surface area contributed by atoms with Crippen molar-refractivity contribution in [3.63, 3.8) is 0 Å². The molecule has 0 spiro atoms. The molecule has 2 aromatic heterocycles. The number of rotatable bonds is 5. The fourth-order valence-electron chi connectivity index (χ4n) is 8.83. The van der Waals surface area contributed by atoms with E-state index in [-0.39, 0.29) is 12.0 Å². The number of para-hydroxylation sites is 1. The second kappa shape index (κ2) is 12.1. The number of benzene rings is 8. The Morgan fingerprint density at radius 2 is 1.22 bits per heavy atom. The SMILES string of the molecule is CCC1C(c2ccccc2)=NC(c2ccccc2)=NC1c1cc(-n2c3cc4ccccc4cc3c3c4ccccc4ccc32)c2oc3ccccc3c2c1. The molecule has 4 heteroatoms. The first kappa shape index (κ1) is 30.8. The standard InChI is InChI=1S/C50H35N3O/c1-2-37-47(32-16-5-3-6-17-32)51-50(33-18-7-4-8-19-33)52-48(37)36-28-40-39-23-13-14-24-45(39)54-49(40)44(30-36)53-42-26-25-31-15-11-12-22-38(31)46(42)41-27-34-20-9-10-21-35(34)29-43(41)53/h3-30,37,48H,2H2,1H3. The van der Waals surface area contributed by atoms with Crippen LogP contribution in [0.3, 0.4) is 0 Å². The first-order valence-electron chi connectivity index (χ1n) is 18.8. The third-order valence-electron chi connectivity index (χ3n) is 11.3. The van der Waals surface area contributed by atoms with Crippen molar-refractivity contribution in [3.05, 3.63) is 187 Å². The van der Waals surface area contributed by atoms with Crippen molar-refractivity contribution in [1.82, 2.24) is 4.57 Å². The monoisotopic (exact) mass is 693 g/mol. The highest BCUT2D eigenvalue weighted by atomic mass is 16.3. The van der Waals surface area contributed by atoms with Gasteiger partial charge < -0.3 is 8.98 Å². The van der Waals surface area contributed by atoms with E-state index in [1.54, 1.807) is 0 Å². The van der Waals surface area contributed by atoms with Gasteiger partial charge in [0.2, 0.25) is 0 Å². The maximum Gasteiger partial charge on any atom is 0.159 e. The van der Waals surface area contributed by atoms with Crippen LogP contribution in [-0.4, -0.2) is 16.1 Å². The molecule has 0 saturated carbocycles. The Balaban J connectivity index is 1.25. The molecule has 1 aliphatic rings. The van der Waals surface area contributed by atoms with Gasteiger partial charge >= 0.3 is 0 Å². The summed E-state index contributed by atoms with van der Waals surface area (Å²) in [6, 6.07) is 60.6. The normalized spacial score (nSPS) is 16.2. The predicted molar refractivity (Wildman–Crippen MR) is 226 cm³/mol. The average molecular weight is 694 g/mol. The third-order valence-corrected chi connectivity index (χ3v) is 11.3. The Labute approximate surface area is 312 Å². The Morgan fingerprint density at radius 3 is 2.00 bits per heavy atom. The van der Waals surface area contributed by atoms with Crippen LogP contribution in [-0.2, 0) is 0 Å². The molecule has 0 aliphatic carbocycles. The highest BCUT2D eigenvalue weighted by Crippen LogP contribution is 2.45. The summed E-state index contributed by atoms with van der Waals surface area (Å²) in [5.41, 5.74) is 9.42. The van der Waals surface area contributed by atoms with Crippen LogP contribution in [0, 0.1) is 5.92 Å². The molecule has 10 aromatic rings. The van der Waals surface area contributed by atoms with Crippen molar-refractivity contribution in [1.29, 1.82) is 0 Å². The number of furan rings is 1. The van der Waals surface area contributed by atoms with Gasteiger partial charge in [0.05, 0.1) is 28.5 Å². The smallest absolute Gasteiger partial charge is 0.159 e. The van der Waals surface area contributed by atoms with Gasteiger partial charge in [-0.2, -0.15) is 0 Å². The van der Waals surface area contributed by atoms with Gasteiger partial charge in [0.1, 0.15) is 5.58 Å². The minimum atomic E-state index is -0.176. The van der Waals surface area contributed by atoms with E-state index in [0.29, 0.717) is 0 Å². The minimum Gasteiger partial charge on any atom is -0.454 e. The van der Waals surface area contributed by atoms with Crippen molar-refractivity contribution in [2.75, 3.05) is 0 Å². The van der Waals surface area contributed by atoms with E-state index in [1.165, 1.54) is 32.3 Å². The van der Waals surface area contributed by atoms with Crippen molar-refractivity contribution in [2.45, 2.75) is 19.4 Å². The molecule has 0 amide bonds. The summed E-state index contributed by atoms with van der Waals surface area (Å²) in [7, 11) is 0. The topological polar surface area (TPSA) is 42.8 Å². The molecule has 11 rings (SSSR count). The molecule has 1 aliphatic heterocycles. The zero-order chi connectivity index (χ0) is 35.8. The molecule has 8 aromatic carbocycles. The van der Waals surface area contributed by atoms with Gasteiger partial charge in [0.15, 0.2) is 11.4 Å². The number of amidine groups is 1. The lowest BCUT2D eigenvalue weighted by Gasteiger charge is -2.30. The molecule has 54 heavy (non-hydrogen) atoms. The molecular weight excluding hydrogens is 659 g/mol. The van der Waals surface area contributed by atoms with E-state index in [2.05, 4.69) is 175 Å². The van der Waals surface area contributed by atoms with E-state index in [1.807, 2.05) is 6.07 Å². The number of hydrogen-bond acceptors (Lipinski definition) is 3. The van der Waals surface area contributed by atoms with Crippen molar-refractivity contribution >= 4 is 76.8 Å². The predicted octanol–water partition coefficient (Wildman–Crippen LogP) is 13.0. The number of hydrogen-bond donors (Lipinski definition) is 0. The minimum absolute atomic E-state index is 0.0642. The molecule has 0 radical (unpaired) electrons. The van der Waals surface area contributed by atoms with Crippen molar-refractivity contribution in [2.24, 2.45) is 15.9 Å². The molecule has 3 heterocycles. The second-order valence-corrected chi connectivity index (χ2v) is 14.4. The van der Waals surface area contributed by atoms with Gasteiger partial charge in [-0.1, -0.05) is 140 Å². The first-order valence-corrected chi connectivity index (χ1v) is 18.8. The lowest BCUT2D eigenvalue weighted by molar-refractivity contribution is 0.532. The van der Waals surface area contributed by atoms with Crippen molar-refractivity contribution < 1.29 is 4.42 Å². The summed E-state index contributed by atoms with van der Waals surface area (Å²) in [5.74, 6) is 0.826. The summed E-state index contributed by atoms with van der Waals surface area (Å²) >= 11 is 0. The molecule has 2 atom stereocenters. The Bertz CT molecular complexity index is 3150. The van der Waals surface area contributed by atoms with Crippen LogP contribution < -0.4 is 0 Å². The second-order valence-electron chi connectivity index (χ2n) is 14.4. The van der Waals surface area contributed by atoms with Gasteiger partial charge in [-0.25, -0.2) is 4.99 Å². The molecule has 2 unspecified atom stereocenters. The maximum atomic E-state index is 6.88. The lowest BCUT2D eigenvalue weighted by Crippen LogP contribution is -2.28. The molecule has 4 nitrogen and oxygen atoms in total. The summed E-state index contributed by atoms with van der Waals surface area (Å²) in [6.45, 7) is 2.26. The van der Waals surface area contributed by atoms with Crippen LogP contribution in [0.1, 0.15) is 36.1 Å². The summed E-state index contributed by atoms with van der Waals surface area (Å²) < 4.78 is 9.32. The maximum absolute atomic E-state index is 6.88. The first-order chi connectivity index (χ1) is 26.7. The van der Waals surface area contributed by atoms with Crippen molar-refractivity contribution in [3.8, 4) is 5.69 Å². The zero-order valence-corrected chi connectivity index (χ0v) is 29.8. The summed E-state index contributed by atoms with van der Waals surface area (Å²) in [4.78, 5) is 10.8. The molecular formula is C50H35N3O. The van der Waals surface area contributed by atoms with Crippen LogP contribution in [0.25, 0.3) is 71.0 Å². The van der Waals surface area contributed by atoms with Gasteiger partial charge in [0.25, 0.3) is 0 Å². The third kappa shape index (κ3) is 4.70. The number of fused-ring (bicyclic) bond motifs is 9. The largest absolute Gasteiger partial charge is 0.454 e. The molecule has 0 fully saturated rings. The van der Waals surface area contributed by atoms with Crippen LogP contribution in [0.4, 0.5) is 0 Å². The van der Waals surface area contributed by atoms with E-state index < -0.39 is 0 Å². The van der Waals surface area contributed by atoms with E-state index in [9.17, 15) is 0 Å². The number of nitrogens with zero attached hydrogens (tertiary/aromatic N) is 3. The summed E-state index contributed by atoms with van der Waals surface area (Å²) in [5, 5.41) is 9.55. The molecule has 256 valence electrons. The zero-order valence-electron chi connectivity index (χ0n) is 29.8. The van der Waals surface area contributed by atoms with Gasteiger partial charge in [-0.05, 0) is 75.5 Å². The fraction of sp³-hybridized carbons (Fsp3) is 0.0800. The van der Waals surface area contributed by atoms with Crippen LogP contribution in [0.5, 0.6) is 0 Å². The highest BCUT2D eigenvalue weighted by Gasteiger charge is 2.33. The average Bonchev–Trinajstić information content (AvgIpc) is 3.78. The van der Waals surface area contributed by atoms with E-state index in [4.69, 9.17) is 14.4 Å². The highest BCUT2D eigenvalue weighted by molar-refractivity contribution is 6.24. The Hall–Kier alpha value is -6.78. The Kier molecular flexibility index (Phi) is 6.93. The lowest BCUT2D eigenvalue weighted by atomic mass is 9.82. The summed E-state index contributed by atoms with van der Waals surface area (Å²) in [6.07, 6.45) is 0.886. The number of aromatic nitrogens is 1. The Morgan fingerprint density at radius 1 is 0.556 bits per heavy atom. The van der Waals surface area contributed by atoms with Crippen LogP contribution in [0.2, 0.25) is 0 Å². The van der Waals surface area contributed by atoms with Gasteiger partial charge in [-0.15, -0.1) is 0 Å². The van der Waals surface area contributed by atoms with E-state index >= 15 is 0 Å². The van der Waals surface area contributed by atoms with Gasteiger partial charge in [0, 0.05) is 33.0 Å².